The van der Waals surface area contributed by atoms with Gasteiger partial charge in [0.15, 0.2) is 0 Å². The normalized spacial score (nSPS) is 11.4. The Morgan fingerprint density at radius 2 is 2.30 bits per heavy atom. The van der Waals surface area contributed by atoms with Crippen molar-refractivity contribution in [2.75, 3.05) is 0 Å². The summed E-state index contributed by atoms with van der Waals surface area (Å²) in [5, 5.41) is 8.09. The van der Waals surface area contributed by atoms with Crippen LogP contribution in [0.15, 0.2) is 17.8 Å². The molecule has 2 N–H and O–H groups in total. The van der Waals surface area contributed by atoms with E-state index >= 15 is 0 Å². The summed E-state index contributed by atoms with van der Waals surface area (Å²) in [4.78, 5) is 0. The summed E-state index contributed by atoms with van der Waals surface area (Å²) >= 11 is 4.56. The molecule has 0 heterocycles. The number of nitrogens with two attached hydrogens (primary N) is 1. The van der Waals surface area contributed by atoms with E-state index in [4.69, 9.17) is 11.0 Å². The number of hydrogen-bond donors (Lipinski definition) is 1. The van der Waals surface area contributed by atoms with Crippen molar-refractivity contribution < 1.29 is 19.4 Å². The van der Waals surface area contributed by atoms with Gasteiger partial charge in [0.25, 0.3) is 0 Å². The van der Waals surface area contributed by atoms with Crippen LogP contribution in [-0.2, 0) is 19.4 Å². The molecule has 10 heavy (non-hydrogen) atoms. The van der Waals surface area contributed by atoms with Gasteiger partial charge < -0.3 is 0 Å². The quantitative estimate of drug-likeness (QED) is 0.445. The Kier molecular flexibility index (Phi) is 5.48. The summed E-state index contributed by atoms with van der Waals surface area (Å²) in [6.07, 6.45) is 5.70. The Morgan fingerprint density at radius 3 is 2.70 bits per heavy atom. The van der Waals surface area contributed by atoms with Crippen LogP contribution in [0.5, 0.6) is 0 Å². The van der Waals surface area contributed by atoms with E-state index in [9.17, 15) is 0 Å². The molecule has 0 aliphatic carbocycles. The third-order valence-corrected chi connectivity index (χ3v) is 1.35. The number of nitriles is 1. The van der Waals surface area contributed by atoms with E-state index in [2.05, 4.69) is 22.0 Å². The Bertz CT molecular complexity index is 224. The molecule has 0 aromatic heterocycles. The van der Waals surface area contributed by atoms with Crippen molar-refractivity contribution in [2.45, 2.75) is 0 Å². The predicted molar refractivity (Wildman–Crippen MR) is 39.6 cm³/mol. The van der Waals surface area contributed by atoms with Crippen LogP contribution in [0.4, 0.5) is 0 Å². The second-order valence-corrected chi connectivity index (χ2v) is 5.84. The molecule has 0 fully saturated rings. The molecule has 0 aliphatic rings. The minimum atomic E-state index is 0.348. The molecule has 2 nitrogen and oxygen atoms in total. The van der Waals surface area contributed by atoms with Gasteiger partial charge in [0, 0.05) is 0 Å². The number of nitrogens with zero attached hydrogens (tertiary/aromatic N) is 1. The van der Waals surface area contributed by atoms with Crippen molar-refractivity contribution in [3.05, 3.63) is 23.9 Å². The van der Waals surface area contributed by atoms with Gasteiger partial charge in [0.2, 0.25) is 0 Å². The van der Waals surface area contributed by atoms with Crippen LogP contribution < -0.4 is 5.73 Å². The Balaban J connectivity index is 4.05. The van der Waals surface area contributed by atoms with E-state index in [0.717, 1.165) is 2.81 Å². The van der Waals surface area contributed by atoms with Gasteiger partial charge in [-0.05, 0) is 0 Å². The minimum absolute atomic E-state index is 0.348. The van der Waals surface area contributed by atoms with Crippen molar-refractivity contribution in [2.24, 2.45) is 5.73 Å². The van der Waals surface area contributed by atoms with E-state index in [1.54, 1.807) is 18.2 Å². The standard InChI is InChI=1S/C6H4BrN2.W/c7-4-1-2-6(9)3-5-8;/h1-2H,9H2;/q-1;/b2-1-;. The zero-order valence-corrected chi connectivity index (χ0v) is 9.48. The Labute approximate surface area is 78.9 Å². The monoisotopic (exact) mass is 367 g/mol. The Morgan fingerprint density at radius 1 is 1.70 bits per heavy atom. The van der Waals surface area contributed by atoms with Gasteiger partial charge in [-0.15, -0.1) is 0 Å². The summed E-state index contributed by atoms with van der Waals surface area (Å²) in [6, 6.07) is 1.71. The first-order valence-corrected chi connectivity index (χ1v) is 4.58. The molecule has 4 heteroatoms. The summed E-state index contributed by atoms with van der Waals surface area (Å²) < 4.78 is 1.04. The molecule has 0 unspecified atom stereocenters. The van der Waals surface area contributed by atoms with E-state index in [1.165, 1.54) is 19.4 Å². The van der Waals surface area contributed by atoms with Gasteiger partial charge in [0.05, 0.1) is 0 Å². The first-order valence-electron chi connectivity index (χ1n) is 2.32. The average molecular weight is 368 g/mol. The molecule has 0 aromatic carbocycles. The zero-order valence-electron chi connectivity index (χ0n) is 4.97. The topological polar surface area (TPSA) is 49.8 Å². The molecular weight excluding hydrogens is 364 g/mol. The van der Waals surface area contributed by atoms with Crippen molar-refractivity contribution in [1.29, 1.82) is 5.26 Å². The second kappa shape index (κ2) is 5.58. The number of halogens is 1. The predicted octanol–water partition coefficient (Wildman–Crippen LogP) is 0.784. The van der Waals surface area contributed by atoms with Gasteiger partial charge >= 0.3 is 79.1 Å². The molecule has 0 aromatic rings. The van der Waals surface area contributed by atoms with Gasteiger partial charge in [-0.3, -0.25) is 0 Å². The summed E-state index contributed by atoms with van der Waals surface area (Å²) in [5.41, 5.74) is 5.65. The molecular formula is C6H4BrN2W-. The fourth-order valence-electron chi connectivity index (χ4n) is 0.262. The molecule has 0 rings (SSSR count). The van der Waals surface area contributed by atoms with Crippen molar-refractivity contribution in [3.8, 4) is 6.07 Å². The molecule has 0 radical (unpaired) electrons. The molecule has 0 spiro atoms. The molecule has 52 valence electrons. The molecule has 0 atom stereocenters. The van der Waals surface area contributed by atoms with Crippen LogP contribution in [0.25, 0.3) is 0 Å². The average Bonchev–Trinajstić information content (AvgIpc) is 1.85. The fraction of sp³-hybridized carbons (Fsp3) is 0. The maximum atomic E-state index is 8.09. The van der Waals surface area contributed by atoms with Gasteiger partial charge in [-0.25, -0.2) is 0 Å². The van der Waals surface area contributed by atoms with E-state index in [0.29, 0.717) is 5.70 Å². The van der Waals surface area contributed by atoms with E-state index in [-0.39, 0.29) is 0 Å². The third-order valence-electron chi connectivity index (χ3n) is 0.594. The molecule has 0 saturated heterocycles. The summed E-state index contributed by atoms with van der Waals surface area (Å²) in [5.74, 6) is 0. The van der Waals surface area contributed by atoms with E-state index < -0.39 is 0 Å². The van der Waals surface area contributed by atoms with Crippen molar-refractivity contribution in [3.63, 3.8) is 0 Å². The van der Waals surface area contributed by atoms with Crippen LogP contribution in [0, 0.1) is 17.4 Å². The first kappa shape index (κ1) is 9.81. The number of allylic oxidation sites excluding steroid dienone is 3. The van der Waals surface area contributed by atoms with Gasteiger partial charge in [0.1, 0.15) is 0 Å². The van der Waals surface area contributed by atoms with Crippen LogP contribution >= 0.6 is 15.9 Å². The van der Waals surface area contributed by atoms with Crippen LogP contribution in [-0.4, -0.2) is 2.81 Å². The van der Waals surface area contributed by atoms with E-state index in [1.807, 2.05) is 0 Å². The Hall–Kier alpha value is -0.192. The van der Waals surface area contributed by atoms with Crippen molar-refractivity contribution in [1.82, 2.24) is 0 Å². The maximum absolute atomic E-state index is 8.09. The van der Waals surface area contributed by atoms with Crippen molar-refractivity contribution >= 4 is 18.7 Å². The van der Waals surface area contributed by atoms with Gasteiger partial charge in [-0.1, -0.05) is 0 Å². The SMILES string of the molecule is N#C[C-]=C(N)/C=C\[C](Br)=[W]. The first-order chi connectivity index (χ1) is 4.66. The van der Waals surface area contributed by atoms with Gasteiger partial charge in [-0.2, -0.15) is 0 Å². The van der Waals surface area contributed by atoms with Crippen LogP contribution in [0.3, 0.4) is 0 Å². The fourth-order valence-corrected chi connectivity index (χ4v) is 0.638. The summed E-state index contributed by atoms with van der Waals surface area (Å²) in [7, 11) is 0. The number of hydrogen-bond acceptors (Lipinski definition) is 2. The van der Waals surface area contributed by atoms with Crippen LogP contribution in [0.2, 0.25) is 0 Å². The molecule has 0 saturated carbocycles. The van der Waals surface area contributed by atoms with Crippen LogP contribution in [0.1, 0.15) is 0 Å². The zero-order chi connectivity index (χ0) is 7.98. The third kappa shape index (κ3) is 5.94. The number of rotatable bonds is 2. The molecule has 0 aliphatic heterocycles. The molecule has 0 amide bonds. The second-order valence-electron chi connectivity index (χ2n) is 1.33. The summed E-state index contributed by atoms with van der Waals surface area (Å²) in [6.45, 7) is 0. The molecule has 0 bridgehead atoms.